The summed E-state index contributed by atoms with van der Waals surface area (Å²) in [5.74, 6) is 0.370. The molecule has 0 saturated heterocycles. The second-order valence-corrected chi connectivity index (χ2v) is 4.15. The predicted octanol–water partition coefficient (Wildman–Crippen LogP) is 1.37. The van der Waals surface area contributed by atoms with Gasteiger partial charge in [-0.2, -0.15) is 0 Å². The SMILES string of the molecule is COc1ccc(Br)c(NC(=O)C(CN)OC)c1. The molecular formula is C11H15BrN2O3. The molecule has 6 heteroatoms. The summed E-state index contributed by atoms with van der Waals surface area (Å²) in [6.45, 7) is 0.129. The number of methoxy groups -OCH3 is 2. The number of hydrogen-bond acceptors (Lipinski definition) is 4. The summed E-state index contributed by atoms with van der Waals surface area (Å²) in [6.07, 6.45) is -0.659. The molecule has 0 fully saturated rings. The van der Waals surface area contributed by atoms with Crippen LogP contribution in [0, 0.1) is 0 Å². The first-order valence-corrected chi connectivity index (χ1v) is 5.79. The Labute approximate surface area is 108 Å². The highest BCUT2D eigenvalue weighted by Gasteiger charge is 2.16. The van der Waals surface area contributed by atoms with Crippen molar-refractivity contribution in [3.8, 4) is 5.75 Å². The van der Waals surface area contributed by atoms with Crippen LogP contribution in [0.2, 0.25) is 0 Å². The highest BCUT2D eigenvalue weighted by Crippen LogP contribution is 2.27. The van der Waals surface area contributed by atoms with Crippen molar-refractivity contribution in [2.24, 2.45) is 5.73 Å². The third-order valence-electron chi connectivity index (χ3n) is 2.22. The zero-order chi connectivity index (χ0) is 12.8. The van der Waals surface area contributed by atoms with Crippen molar-refractivity contribution in [2.45, 2.75) is 6.10 Å². The molecule has 1 aromatic rings. The lowest BCUT2D eigenvalue weighted by Gasteiger charge is -2.14. The van der Waals surface area contributed by atoms with Crippen molar-refractivity contribution in [2.75, 3.05) is 26.1 Å². The van der Waals surface area contributed by atoms with E-state index < -0.39 is 6.10 Å². The molecule has 1 amide bonds. The average molecular weight is 303 g/mol. The number of halogens is 1. The van der Waals surface area contributed by atoms with Crippen LogP contribution in [0.25, 0.3) is 0 Å². The van der Waals surface area contributed by atoms with Crippen molar-refractivity contribution in [1.29, 1.82) is 0 Å². The van der Waals surface area contributed by atoms with Crippen LogP contribution in [-0.2, 0) is 9.53 Å². The Morgan fingerprint density at radius 3 is 2.76 bits per heavy atom. The summed E-state index contributed by atoms with van der Waals surface area (Å²) in [6, 6.07) is 5.29. The molecule has 0 spiro atoms. The van der Waals surface area contributed by atoms with Crippen LogP contribution < -0.4 is 15.8 Å². The molecule has 0 heterocycles. The van der Waals surface area contributed by atoms with Gasteiger partial charge in [0.15, 0.2) is 0 Å². The summed E-state index contributed by atoms with van der Waals surface area (Å²) in [5, 5.41) is 2.72. The number of carbonyl (C=O) groups is 1. The lowest BCUT2D eigenvalue weighted by Crippen LogP contribution is -2.35. The lowest BCUT2D eigenvalue weighted by atomic mass is 10.2. The number of carbonyl (C=O) groups excluding carboxylic acids is 1. The van der Waals surface area contributed by atoms with Gasteiger partial charge in [-0.15, -0.1) is 0 Å². The maximum atomic E-state index is 11.7. The van der Waals surface area contributed by atoms with E-state index in [-0.39, 0.29) is 12.5 Å². The summed E-state index contributed by atoms with van der Waals surface area (Å²) in [7, 11) is 3.00. The van der Waals surface area contributed by atoms with E-state index in [1.807, 2.05) is 0 Å². The van der Waals surface area contributed by atoms with E-state index in [9.17, 15) is 4.79 Å². The van der Waals surface area contributed by atoms with Gasteiger partial charge in [-0.3, -0.25) is 4.79 Å². The smallest absolute Gasteiger partial charge is 0.254 e. The topological polar surface area (TPSA) is 73.6 Å². The molecule has 5 nitrogen and oxygen atoms in total. The molecule has 17 heavy (non-hydrogen) atoms. The Bertz CT molecular complexity index is 394. The molecule has 94 valence electrons. The Hall–Kier alpha value is -1.11. The minimum Gasteiger partial charge on any atom is -0.497 e. The standard InChI is InChI=1S/C11H15BrN2O3/c1-16-7-3-4-8(12)9(5-7)14-11(15)10(6-13)17-2/h3-5,10H,6,13H2,1-2H3,(H,14,15). The Kier molecular flexibility index (Phi) is 5.40. The number of nitrogens with one attached hydrogen (secondary N) is 1. The zero-order valence-corrected chi connectivity index (χ0v) is 11.3. The fourth-order valence-corrected chi connectivity index (χ4v) is 1.60. The first-order chi connectivity index (χ1) is 8.12. The maximum absolute atomic E-state index is 11.7. The summed E-state index contributed by atoms with van der Waals surface area (Å²) < 4.78 is 10.8. The molecule has 0 radical (unpaired) electrons. The van der Waals surface area contributed by atoms with Gasteiger partial charge in [0.1, 0.15) is 11.9 Å². The average Bonchev–Trinajstić information content (AvgIpc) is 2.33. The highest BCUT2D eigenvalue weighted by atomic mass is 79.9. The minimum absolute atomic E-state index is 0.129. The molecule has 1 atom stereocenters. The summed E-state index contributed by atoms with van der Waals surface area (Å²) in [5.41, 5.74) is 6.03. The lowest BCUT2D eigenvalue weighted by molar-refractivity contribution is -0.125. The van der Waals surface area contributed by atoms with Crippen molar-refractivity contribution in [3.05, 3.63) is 22.7 Å². The fourth-order valence-electron chi connectivity index (χ4n) is 1.25. The van der Waals surface area contributed by atoms with E-state index in [1.54, 1.807) is 25.3 Å². The normalized spacial score (nSPS) is 12.0. The van der Waals surface area contributed by atoms with Crippen LogP contribution in [0.1, 0.15) is 0 Å². The van der Waals surface area contributed by atoms with Gasteiger partial charge in [0.25, 0.3) is 5.91 Å². The molecular weight excluding hydrogens is 288 g/mol. The molecule has 0 bridgehead atoms. The van der Waals surface area contributed by atoms with Crippen molar-refractivity contribution in [3.63, 3.8) is 0 Å². The number of rotatable bonds is 5. The number of benzene rings is 1. The van der Waals surface area contributed by atoms with Crippen LogP contribution >= 0.6 is 15.9 Å². The molecule has 0 aliphatic rings. The van der Waals surface area contributed by atoms with Crippen LogP contribution in [-0.4, -0.2) is 32.8 Å². The first kappa shape index (κ1) is 14.0. The van der Waals surface area contributed by atoms with Gasteiger partial charge in [-0.25, -0.2) is 0 Å². The fraction of sp³-hybridized carbons (Fsp3) is 0.364. The molecule has 0 aliphatic heterocycles. The number of anilines is 1. The molecule has 1 aromatic carbocycles. The van der Waals surface area contributed by atoms with E-state index >= 15 is 0 Å². The predicted molar refractivity (Wildman–Crippen MR) is 69.2 cm³/mol. The zero-order valence-electron chi connectivity index (χ0n) is 9.70. The number of nitrogens with two attached hydrogens (primary N) is 1. The molecule has 0 aromatic heterocycles. The summed E-state index contributed by atoms with van der Waals surface area (Å²) >= 11 is 3.34. The largest absolute Gasteiger partial charge is 0.497 e. The van der Waals surface area contributed by atoms with Crippen molar-refractivity contribution < 1.29 is 14.3 Å². The number of ether oxygens (including phenoxy) is 2. The molecule has 1 rings (SSSR count). The third-order valence-corrected chi connectivity index (χ3v) is 2.91. The molecule has 1 unspecified atom stereocenters. The van der Waals surface area contributed by atoms with Gasteiger partial charge in [-0.1, -0.05) is 0 Å². The molecule has 0 saturated carbocycles. The van der Waals surface area contributed by atoms with Gasteiger partial charge in [0, 0.05) is 24.2 Å². The Balaban J connectivity index is 2.83. The van der Waals surface area contributed by atoms with Gasteiger partial charge in [-0.05, 0) is 28.1 Å². The maximum Gasteiger partial charge on any atom is 0.254 e. The third kappa shape index (κ3) is 3.69. The molecule has 3 N–H and O–H groups in total. The van der Waals surface area contributed by atoms with Crippen LogP contribution in [0.3, 0.4) is 0 Å². The quantitative estimate of drug-likeness (QED) is 0.861. The van der Waals surface area contributed by atoms with E-state index in [4.69, 9.17) is 15.2 Å². The Morgan fingerprint density at radius 2 is 2.24 bits per heavy atom. The van der Waals surface area contributed by atoms with Crippen molar-refractivity contribution in [1.82, 2.24) is 0 Å². The van der Waals surface area contributed by atoms with E-state index in [0.717, 1.165) is 4.47 Å². The first-order valence-electron chi connectivity index (χ1n) is 4.99. The van der Waals surface area contributed by atoms with Gasteiger partial charge >= 0.3 is 0 Å². The van der Waals surface area contributed by atoms with Crippen molar-refractivity contribution >= 4 is 27.5 Å². The minimum atomic E-state index is -0.659. The van der Waals surface area contributed by atoms with Gasteiger partial charge in [0.05, 0.1) is 12.8 Å². The van der Waals surface area contributed by atoms with E-state index in [0.29, 0.717) is 11.4 Å². The van der Waals surface area contributed by atoms with Gasteiger partial charge < -0.3 is 20.5 Å². The Morgan fingerprint density at radius 1 is 1.53 bits per heavy atom. The van der Waals surface area contributed by atoms with Crippen LogP contribution in [0.15, 0.2) is 22.7 Å². The summed E-state index contributed by atoms with van der Waals surface area (Å²) in [4.78, 5) is 11.7. The number of hydrogen-bond donors (Lipinski definition) is 2. The van der Waals surface area contributed by atoms with E-state index in [2.05, 4.69) is 21.2 Å². The van der Waals surface area contributed by atoms with Gasteiger partial charge in [0.2, 0.25) is 0 Å². The second-order valence-electron chi connectivity index (χ2n) is 3.30. The van der Waals surface area contributed by atoms with Crippen LogP contribution in [0.4, 0.5) is 5.69 Å². The van der Waals surface area contributed by atoms with Crippen LogP contribution in [0.5, 0.6) is 5.75 Å². The number of amides is 1. The highest BCUT2D eigenvalue weighted by molar-refractivity contribution is 9.10. The molecule has 0 aliphatic carbocycles. The monoisotopic (exact) mass is 302 g/mol. The van der Waals surface area contributed by atoms with E-state index in [1.165, 1.54) is 7.11 Å². The second kappa shape index (κ2) is 6.58.